The molecule has 0 radical (unpaired) electrons. The van der Waals surface area contributed by atoms with Gasteiger partial charge in [-0.25, -0.2) is 4.90 Å². The van der Waals surface area contributed by atoms with Gasteiger partial charge in [-0.15, -0.1) is 0 Å². The maximum Gasteiger partial charge on any atom is 0.253 e. The van der Waals surface area contributed by atoms with Gasteiger partial charge in [-0.3, -0.25) is 4.79 Å². The molecule has 2 heterocycles. The Morgan fingerprint density at radius 2 is 1.84 bits per heavy atom. The van der Waals surface area contributed by atoms with E-state index in [0.717, 1.165) is 31.6 Å². The molecule has 2 N–H and O–H groups in total. The Balaban J connectivity index is 1.70. The van der Waals surface area contributed by atoms with Crippen LogP contribution in [0.3, 0.4) is 0 Å². The van der Waals surface area contributed by atoms with Crippen molar-refractivity contribution in [2.45, 2.75) is 25.3 Å². The highest BCUT2D eigenvalue weighted by Crippen LogP contribution is 2.31. The maximum absolute atomic E-state index is 12.0. The highest BCUT2D eigenvalue weighted by Gasteiger charge is 2.34. The molecule has 1 amide bonds. The standard InChI is InChI=1S/C19H26N2O4/c1-20(2)18(23)15-5-3-14(4-6-15)16-11-17(22)21(19(16)24)12-13-7-9-25-10-8-13/h3-6,11,13,17,19,22,24H,7-10,12H2,1-2H3. The summed E-state index contributed by atoms with van der Waals surface area (Å²) in [7, 11) is 3.42. The van der Waals surface area contributed by atoms with Gasteiger partial charge in [0.15, 0.2) is 0 Å². The van der Waals surface area contributed by atoms with Crippen LogP contribution in [-0.2, 0) is 4.74 Å². The van der Waals surface area contributed by atoms with Crippen LogP contribution in [0.5, 0.6) is 0 Å². The molecule has 0 spiro atoms. The highest BCUT2D eigenvalue weighted by molar-refractivity contribution is 5.94. The number of aliphatic hydroxyl groups is 2. The first-order valence-electron chi connectivity index (χ1n) is 8.71. The molecule has 2 aliphatic rings. The number of nitrogens with zero attached hydrogens (tertiary/aromatic N) is 2. The Morgan fingerprint density at radius 1 is 1.20 bits per heavy atom. The van der Waals surface area contributed by atoms with E-state index in [1.807, 2.05) is 12.1 Å². The number of carbonyl (C=O) groups is 1. The Kier molecular flexibility index (Phi) is 5.54. The van der Waals surface area contributed by atoms with E-state index in [1.165, 1.54) is 4.90 Å². The third-order valence-electron chi connectivity index (χ3n) is 4.94. The average Bonchev–Trinajstić information content (AvgIpc) is 2.90. The van der Waals surface area contributed by atoms with Crippen molar-refractivity contribution in [3.63, 3.8) is 0 Å². The third-order valence-corrected chi connectivity index (χ3v) is 4.94. The van der Waals surface area contributed by atoms with Gasteiger partial charge < -0.3 is 19.8 Å². The van der Waals surface area contributed by atoms with Crippen LogP contribution in [0.25, 0.3) is 5.57 Å². The van der Waals surface area contributed by atoms with Crippen molar-refractivity contribution in [1.82, 2.24) is 9.80 Å². The molecule has 0 aliphatic carbocycles. The Labute approximate surface area is 148 Å². The van der Waals surface area contributed by atoms with Crippen LogP contribution >= 0.6 is 0 Å². The predicted octanol–water partition coefficient (Wildman–Crippen LogP) is 1.15. The summed E-state index contributed by atoms with van der Waals surface area (Å²) < 4.78 is 5.37. The predicted molar refractivity (Wildman–Crippen MR) is 94.7 cm³/mol. The summed E-state index contributed by atoms with van der Waals surface area (Å²) in [5.74, 6) is 0.361. The molecule has 0 saturated carbocycles. The van der Waals surface area contributed by atoms with Gasteiger partial charge >= 0.3 is 0 Å². The lowest BCUT2D eigenvalue weighted by molar-refractivity contribution is -0.0558. The number of ether oxygens (including phenoxy) is 1. The minimum atomic E-state index is -0.840. The minimum Gasteiger partial charge on any atom is -0.381 e. The van der Waals surface area contributed by atoms with E-state index in [0.29, 0.717) is 23.6 Å². The summed E-state index contributed by atoms with van der Waals surface area (Å²) in [5.41, 5.74) is 2.10. The fourth-order valence-corrected chi connectivity index (χ4v) is 3.41. The Bertz CT molecular complexity index is 635. The van der Waals surface area contributed by atoms with Crippen molar-refractivity contribution in [2.24, 2.45) is 5.92 Å². The van der Waals surface area contributed by atoms with Gasteiger partial charge in [0.2, 0.25) is 0 Å². The molecule has 1 saturated heterocycles. The van der Waals surface area contributed by atoms with Crippen LogP contribution < -0.4 is 0 Å². The molecule has 0 aromatic heterocycles. The molecule has 2 aliphatic heterocycles. The number of carbonyl (C=O) groups excluding carboxylic acids is 1. The van der Waals surface area contributed by atoms with Crippen molar-refractivity contribution >= 4 is 11.5 Å². The molecule has 1 aromatic rings. The van der Waals surface area contributed by atoms with Crippen LogP contribution in [0.1, 0.15) is 28.8 Å². The smallest absolute Gasteiger partial charge is 0.253 e. The number of aliphatic hydroxyl groups excluding tert-OH is 2. The summed E-state index contributed by atoms with van der Waals surface area (Å²) in [5, 5.41) is 21.0. The van der Waals surface area contributed by atoms with E-state index in [-0.39, 0.29) is 5.91 Å². The van der Waals surface area contributed by atoms with Crippen LogP contribution in [0, 0.1) is 5.92 Å². The molecule has 1 aromatic carbocycles. The lowest BCUT2D eigenvalue weighted by Gasteiger charge is -2.31. The molecular formula is C19H26N2O4. The molecule has 2 atom stereocenters. The van der Waals surface area contributed by atoms with Crippen LogP contribution in [0.15, 0.2) is 30.3 Å². The van der Waals surface area contributed by atoms with E-state index in [4.69, 9.17) is 4.74 Å². The van der Waals surface area contributed by atoms with E-state index in [9.17, 15) is 15.0 Å². The lowest BCUT2D eigenvalue weighted by Crippen LogP contribution is -2.42. The van der Waals surface area contributed by atoms with Gasteiger partial charge in [-0.2, -0.15) is 0 Å². The summed E-state index contributed by atoms with van der Waals surface area (Å²) in [6.45, 7) is 2.13. The second-order valence-corrected chi connectivity index (χ2v) is 6.94. The van der Waals surface area contributed by atoms with Crippen molar-refractivity contribution in [1.29, 1.82) is 0 Å². The molecule has 3 rings (SSSR count). The van der Waals surface area contributed by atoms with Gasteiger partial charge in [0, 0.05) is 45.0 Å². The molecule has 6 nitrogen and oxygen atoms in total. The number of benzene rings is 1. The minimum absolute atomic E-state index is 0.0614. The number of hydrogen-bond donors (Lipinski definition) is 2. The van der Waals surface area contributed by atoms with Gasteiger partial charge in [0.1, 0.15) is 12.5 Å². The van der Waals surface area contributed by atoms with Gasteiger partial charge in [0.05, 0.1) is 0 Å². The molecule has 6 heteroatoms. The zero-order valence-electron chi connectivity index (χ0n) is 14.8. The van der Waals surface area contributed by atoms with Gasteiger partial charge in [0.25, 0.3) is 5.91 Å². The number of rotatable bonds is 4. The first-order chi connectivity index (χ1) is 12.0. The molecule has 0 bridgehead atoms. The lowest BCUT2D eigenvalue weighted by atomic mass is 9.99. The third kappa shape index (κ3) is 3.93. The van der Waals surface area contributed by atoms with Crippen LogP contribution in [-0.4, -0.2) is 72.2 Å². The average molecular weight is 346 g/mol. The van der Waals surface area contributed by atoms with E-state index >= 15 is 0 Å². The van der Waals surface area contributed by atoms with Crippen LogP contribution in [0.4, 0.5) is 0 Å². The van der Waals surface area contributed by atoms with Crippen molar-refractivity contribution < 1.29 is 19.7 Å². The van der Waals surface area contributed by atoms with Crippen molar-refractivity contribution in [2.75, 3.05) is 33.9 Å². The summed E-state index contributed by atoms with van der Waals surface area (Å²) >= 11 is 0. The molecular weight excluding hydrogens is 320 g/mol. The second kappa shape index (κ2) is 7.66. The molecule has 1 fully saturated rings. The fourth-order valence-electron chi connectivity index (χ4n) is 3.41. The van der Waals surface area contributed by atoms with E-state index in [1.54, 1.807) is 37.2 Å². The quantitative estimate of drug-likeness (QED) is 0.856. The van der Waals surface area contributed by atoms with Gasteiger partial charge in [-0.1, -0.05) is 12.1 Å². The number of amides is 1. The second-order valence-electron chi connectivity index (χ2n) is 6.94. The van der Waals surface area contributed by atoms with Crippen molar-refractivity contribution in [3.8, 4) is 0 Å². The first kappa shape index (κ1) is 18.1. The maximum atomic E-state index is 12.0. The zero-order chi connectivity index (χ0) is 18.0. The first-order valence-corrected chi connectivity index (χ1v) is 8.71. The van der Waals surface area contributed by atoms with Gasteiger partial charge in [-0.05, 0) is 42.5 Å². The SMILES string of the molecule is CN(C)C(=O)c1ccc(C2=CC(O)N(CC3CCOCC3)C2O)cc1. The monoisotopic (exact) mass is 346 g/mol. The largest absolute Gasteiger partial charge is 0.381 e. The molecule has 25 heavy (non-hydrogen) atoms. The number of hydrogen-bond acceptors (Lipinski definition) is 5. The fraction of sp³-hybridized carbons (Fsp3) is 0.526. The summed E-state index contributed by atoms with van der Waals surface area (Å²) in [4.78, 5) is 15.2. The summed E-state index contributed by atoms with van der Waals surface area (Å²) in [6.07, 6.45) is 1.95. The summed E-state index contributed by atoms with van der Waals surface area (Å²) in [6, 6.07) is 7.13. The van der Waals surface area contributed by atoms with Crippen molar-refractivity contribution in [3.05, 3.63) is 41.5 Å². The Hall–Kier alpha value is -1.73. The Morgan fingerprint density at radius 3 is 2.44 bits per heavy atom. The topological polar surface area (TPSA) is 73.2 Å². The van der Waals surface area contributed by atoms with Crippen LogP contribution in [0.2, 0.25) is 0 Å². The van der Waals surface area contributed by atoms with E-state index < -0.39 is 12.5 Å². The zero-order valence-corrected chi connectivity index (χ0v) is 14.8. The molecule has 2 unspecified atom stereocenters. The van der Waals surface area contributed by atoms with E-state index in [2.05, 4.69) is 0 Å². The highest BCUT2D eigenvalue weighted by atomic mass is 16.5. The normalized spacial score (nSPS) is 25.0. The molecule has 136 valence electrons.